The molecule has 3 aromatic carbocycles. The maximum atomic E-state index is 15.7. The number of aromatic nitrogens is 1. The molecule has 0 radical (unpaired) electrons. The Labute approximate surface area is 213 Å². The highest BCUT2D eigenvalue weighted by atomic mass is 19.1. The van der Waals surface area contributed by atoms with Crippen LogP contribution in [0.25, 0.3) is 21.7 Å². The second-order valence-electron chi connectivity index (χ2n) is 9.99. The fraction of sp³-hybridized carbons (Fsp3) is 0.310. The number of carboxylic acids is 1. The van der Waals surface area contributed by atoms with Crippen molar-refractivity contribution in [3.8, 4) is 5.75 Å². The zero-order valence-corrected chi connectivity index (χ0v) is 20.5. The normalized spacial score (nSPS) is 19.4. The number of fused-ring (bicyclic) bond motifs is 3. The number of hydrogen-bond donors (Lipinski definition) is 2. The van der Waals surface area contributed by atoms with Gasteiger partial charge in [-0.2, -0.15) is 0 Å². The third-order valence-electron chi connectivity index (χ3n) is 7.76. The molecule has 2 atom stereocenters. The maximum absolute atomic E-state index is 15.7. The first kappa shape index (κ1) is 23.5. The van der Waals surface area contributed by atoms with Crippen molar-refractivity contribution in [3.05, 3.63) is 81.9 Å². The van der Waals surface area contributed by atoms with E-state index in [4.69, 9.17) is 4.74 Å². The summed E-state index contributed by atoms with van der Waals surface area (Å²) in [7, 11) is 1.47. The summed E-state index contributed by atoms with van der Waals surface area (Å²) in [5, 5.41) is 15.4. The molecule has 190 valence electrons. The predicted octanol–water partition coefficient (Wildman–Crippen LogP) is 4.24. The molecule has 3 heterocycles. The molecule has 2 aliphatic heterocycles. The van der Waals surface area contributed by atoms with Crippen molar-refractivity contribution in [3.63, 3.8) is 0 Å². The number of hydrogen-bond acceptors (Lipinski definition) is 5. The first-order valence-corrected chi connectivity index (χ1v) is 12.6. The first-order chi connectivity index (χ1) is 17.9. The number of halogens is 1. The summed E-state index contributed by atoms with van der Waals surface area (Å²) in [5.41, 5.74) is 0.506. The van der Waals surface area contributed by atoms with Gasteiger partial charge in [0.25, 0.3) is 0 Å². The van der Waals surface area contributed by atoms with Gasteiger partial charge in [0.2, 0.25) is 5.43 Å². The second kappa shape index (κ2) is 9.19. The van der Waals surface area contributed by atoms with Crippen LogP contribution in [0.2, 0.25) is 0 Å². The van der Waals surface area contributed by atoms with E-state index in [0.717, 1.165) is 35.7 Å². The lowest BCUT2D eigenvalue weighted by Gasteiger charge is -2.25. The van der Waals surface area contributed by atoms with E-state index in [1.54, 1.807) is 4.57 Å². The third-order valence-corrected chi connectivity index (χ3v) is 7.76. The van der Waals surface area contributed by atoms with Gasteiger partial charge in [-0.3, -0.25) is 4.79 Å². The van der Waals surface area contributed by atoms with Crippen LogP contribution >= 0.6 is 0 Å². The number of carbonyl (C=O) groups is 1. The molecule has 2 saturated heterocycles. The number of methoxy groups -OCH3 is 1. The molecule has 0 aliphatic carbocycles. The van der Waals surface area contributed by atoms with Crippen LogP contribution in [0.5, 0.6) is 5.75 Å². The number of anilines is 1. The number of carboxylic acid groups (broad SMARTS) is 1. The van der Waals surface area contributed by atoms with E-state index in [1.807, 2.05) is 47.4 Å². The quantitative estimate of drug-likeness (QED) is 0.426. The molecule has 0 amide bonds. The van der Waals surface area contributed by atoms with Gasteiger partial charge in [-0.25, -0.2) is 9.18 Å². The number of benzene rings is 3. The second-order valence-corrected chi connectivity index (χ2v) is 9.99. The highest BCUT2D eigenvalue weighted by Gasteiger charge is 2.37. The number of nitrogens with zero attached hydrogens (tertiary/aromatic N) is 2. The van der Waals surface area contributed by atoms with Crippen LogP contribution < -0.4 is 20.4 Å². The van der Waals surface area contributed by atoms with Crippen molar-refractivity contribution in [2.75, 3.05) is 31.6 Å². The van der Waals surface area contributed by atoms with Gasteiger partial charge >= 0.3 is 5.97 Å². The molecule has 8 heteroatoms. The number of pyridine rings is 1. The molecular weight excluding hydrogens is 473 g/mol. The molecule has 2 fully saturated rings. The zero-order valence-electron chi connectivity index (χ0n) is 20.5. The fourth-order valence-corrected chi connectivity index (χ4v) is 6.02. The molecule has 0 bridgehead atoms. The highest BCUT2D eigenvalue weighted by Crippen LogP contribution is 2.41. The Morgan fingerprint density at radius 1 is 1.16 bits per heavy atom. The average Bonchev–Trinajstić information content (AvgIpc) is 3.33. The molecule has 4 aromatic rings. The molecule has 0 spiro atoms. The molecule has 0 saturated carbocycles. The monoisotopic (exact) mass is 501 g/mol. The van der Waals surface area contributed by atoms with E-state index in [-0.39, 0.29) is 23.7 Å². The van der Waals surface area contributed by atoms with Gasteiger partial charge in [0.05, 0.1) is 18.0 Å². The van der Waals surface area contributed by atoms with Crippen LogP contribution in [0.3, 0.4) is 0 Å². The van der Waals surface area contributed by atoms with Gasteiger partial charge in [0.1, 0.15) is 11.3 Å². The molecule has 1 aromatic heterocycles. The molecule has 37 heavy (non-hydrogen) atoms. The van der Waals surface area contributed by atoms with Crippen LogP contribution in [0.4, 0.5) is 10.1 Å². The topological polar surface area (TPSA) is 83.8 Å². The van der Waals surface area contributed by atoms with E-state index < -0.39 is 22.8 Å². The standard InChI is InChI=1S/C29H28FN3O4/c1-37-28-25-21(12-23(30)26(28)33-14-20-7-4-10-31-24(20)16-33)27(34)22(29(35)36)15-32(25)13-17-8-9-18-5-2-3-6-19(18)11-17/h2-3,5-6,8-9,11-12,15,20,24,31H,4,7,10,13-14,16H2,1H3,(H,35,36)/t20-,24+/m0/s1. The smallest absolute Gasteiger partial charge is 0.341 e. The lowest BCUT2D eigenvalue weighted by atomic mass is 9.94. The van der Waals surface area contributed by atoms with Crippen LogP contribution in [0.15, 0.2) is 59.5 Å². The summed E-state index contributed by atoms with van der Waals surface area (Å²) >= 11 is 0. The van der Waals surface area contributed by atoms with Crippen molar-refractivity contribution in [1.29, 1.82) is 0 Å². The van der Waals surface area contributed by atoms with Crippen LogP contribution in [0, 0.1) is 11.7 Å². The summed E-state index contributed by atoms with van der Waals surface area (Å²) in [5.74, 6) is -1.26. The van der Waals surface area contributed by atoms with E-state index in [1.165, 1.54) is 19.4 Å². The number of nitrogens with one attached hydrogen (secondary N) is 1. The van der Waals surface area contributed by atoms with E-state index >= 15 is 4.39 Å². The van der Waals surface area contributed by atoms with Gasteiger partial charge in [-0.15, -0.1) is 0 Å². The Balaban J connectivity index is 1.54. The van der Waals surface area contributed by atoms with Crippen LogP contribution in [-0.2, 0) is 6.54 Å². The number of rotatable bonds is 5. The number of piperidine rings is 1. The average molecular weight is 502 g/mol. The predicted molar refractivity (Wildman–Crippen MR) is 141 cm³/mol. The van der Waals surface area contributed by atoms with Gasteiger partial charge in [-0.1, -0.05) is 36.4 Å². The lowest BCUT2D eigenvalue weighted by molar-refractivity contribution is 0.0695. The van der Waals surface area contributed by atoms with Gasteiger partial charge in [-0.05, 0) is 53.8 Å². The molecule has 7 nitrogen and oxygen atoms in total. The lowest BCUT2D eigenvalue weighted by Crippen LogP contribution is -2.40. The van der Waals surface area contributed by atoms with E-state index in [0.29, 0.717) is 30.2 Å². The highest BCUT2D eigenvalue weighted by molar-refractivity contribution is 5.97. The summed E-state index contributed by atoms with van der Waals surface area (Å²) in [6, 6.07) is 15.4. The third kappa shape index (κ3) is 4.01. The Morgan fingerprint density at radius 3 is 2.73 bits per heavy atom. The Bertz CT molecular complexity index is 1580. The minimum absolute atomic E-state index is 0.00599. The number of ether oxygens (including phenoxy) is 1. The summed E-state index contributed by atoms with van der Waals surface area (Å²) < 4.78 is 23.2. The maximum Gasteiger partial charge on any atom is 0.341 e. The molecular formula is C29H28FN3O4. The molecule has 0 unspecified atom stereocenters. The SMILES string of the molecule is COc1c(N2C[C@@H]3CCCN[C@@H]3C2)c(F)cc2c(=O)c(C(=O)O)cn(Cc3ccc4ccccc4c3)c12. The summed E-state index contributed by atoms with van der Waals surface area (Å²) in [6.45, 7) is 2.58. The van der Waals surface area contributed by atoms with Gasteiger partial charge in [0, 0.05) is 31.9 Å². The summed E-state index contributed by atoms with van der Waals surface area (Å²) in [4.78, 5) is 27.1. The first-order valence-electron chi connectivity index (χ1n) is 12.6. The van der Waals surface area contributed by atoms with Crippen molar-refractivity contribution in [1.82, 2.24) is 9.88 Å². The largest absolute Gasteiger partial charge is 0.492 e. The zero-order chi connectivity index (χ0) is 25.7. The minimum Gasteiger partial charge on any atom is -0.492 e. The van der Waals surface area contributed by atoms with Crippen molar-refractivity contribution >= 4 is 33.3 Å². The Hall–Kier alpha value is -3.91. The Kier molecular flexibility index (Phi) is 5.83. The molecule has 2 N–H and O–H groups in total. The van der Waals surface area contributed by atoms with E-state index in [9.17, 15) is 14.7 Å². The van der Waals surface area contributed by atoms with Gasteiger partial charge < -0.3 is 24.6 Å². The van der Waals surface area contributed by atoms with Crippen molar-refractivity contribution in [2.45, 2.75) is 25.4 Å². The fourth-order valence-electron chi connectivity index (χ4n) is 6.02. The summed E-state index contributed by atoms with van der Waals surface area (Å²) in [6.07, 6.45) is 3.52. The minimum atomic E-state index is -1.35. The van der Waals surface area contributed by atoms with Crippen LogP contribution in [-0.4, -0.2) is 48.4 Å². The number of aromatic carboxylic acids is 1. The molecule has 2 aliphatic rings. The van der Waals surface area contributed by atoms with Gasteiger partial charge in [0.15, 0.2) is 11.6 Å². The Morgan fingerprint density at radius 2 is 1.97 bits per heavy atom. The van der Waals surface area contributed by atoms with Crippen LogP contribution in [0.1, 0.15) is 28.8 Å². The van der Waals surface area contributed by atoms with E-state index in [2.05, 4.69) is 5.32 Å². The van der Waals surface area contributed by atoms with Crippen molar-refractivity contribution < 1.29 is 19.0 Å². The van der Waals surface area contributed by atoms with Crippen molar-refractivity contribution in [2.24, 2.45) is 5.92 Å². The molecule has 6 rings (SSSR count).